The van der Waals surface area contributed by atoms with Gasteiger partial charge in [-0.3, -0.25) is 4.79 Å². The molecular formula is C23H21ClN6O. The predicted molar refractivity (Wildman–Crippen MR) is 118 cm³/mol. The Morgan fingerprint density at radius 1 is 1.19 bits per heavy atom. The second-order valence-corrected chi connectivity index (χ2v) is 8.24. The van der Waals surface area contributed by atoms with Crippen LogP contribution in [0, 0.1) is 6.92 Å². The smallest absolute Gasteiger partial charge is 0.259 e. The van der Waals surface area contributed by atoms with Crippen molar-refractivity contribution in [2.45, 2.75) is 25.7 Å². The van der Waals surface area contributed by atoms with E-state index >= 15 is 0 Å². The molecule has 1 aromatic carbocycles. The minimum atomic E-state index is -0.0545. The zero-order chi connectivity index (χ0) is 21.4. The highest BCUT2D eigenvalue weighted by molar-refractivity contribution is 6.30. The molecule has 1 saturated heterocycles. The fraction of sp³-hybridized carbons (Fsp3) is 0.261. The number of likely N-dealkylation sites (tertiary alicyclic amines) is 1. The molecule has 0 spiro atoms. The zero-order valence-electron chi connectivity index (χ0n) is 17.1. The second-order valence-electron chi connectivity index (χ2n) is 7.80. The van der Waals surface area contributed by atoms with Gasteiger partial charge in [0.1, 0.15) is 11.4 Å². The monoisotopic (exact) mass is 432 g/mol. The first-order valence-electron chi connectivity index (χ1n) is 10.3. The van der Waals surface area contributed by atoms with Gasteiger partial charge in [-0.25, -0.2) is 19.5 Å². The molecular weight excluding hydrogens is 412 g/mol. The maximum absolute atomic E-state index is 13.2. The molecule has 5 rings (SSSR count). The van der Waals surface area contributed by atoms with Crippen molar-refractivity contribution in [1.29, 1.82) is 0 Å². The average molecular weight is 433 g/mol. The van der Waals surface area contributed by atoms with E-state index in [9.17, 15) is 4.79 Å². The number of benzene rings is 1. The lowest BCUT2D eigenvalue weighted by molar-refractivity contribution is 0.0706. The molecule has 0 bridgehead atoms. The van der Waals surface area contributed by atoms with Crippen LogP contribution in [0.25, 0.3) is 16.9 Å². The van der Waals surface area contributed by atoms with E-state index in [-0.39, 0.29) is 11.8 Å². The van der Waals surface area contributed by atoms with Crippen LogP contribution in [0.1, 0.15) is 40.6 Å². The van der Waals surface area contributed by atoms with Crippen molar-refractivity contribution in [3.63, 3.8) is 0 Å². The van der Waals surface area contributed by atoms with Crippen molar-refractivity contribution in [2.75, 3.05) is 13.1 Å². The minimum absolute atomic E-state index is 0.0545. The Morgan fingerprint density at radius 2 is 2.10 bits per heavy atom. The Balaban J connectivity index is 1.42. The Labute approximate surface area is 184 Å². The first-order valence-corrected chi connectivity index (χ1v) is 10.7. The lowest BCUT2D eigenvalue weighted by atomic mass is 9.96. The van der Waals surface area contributed by atoms with Gasteiger partial charge in [-0.15, -0.1) is 0 Å². The molecule has 0 radical (unpaired) electrons. The summed E-state index contributed by atoms with van der Waals surface area (Å²) in [5, 5.41) is 4.92. The first-order chi connectivity index (χ1) is 15.1. The van der Waals surface area contributed by atoms with Gasteiger partial charge in [0.05, 0.1) is 11.9 Å². The van der Waals surface area contributed by atoms with Crippen LogP contribution in [0.2, 0.25) is 5.02 Å². The molecule has 0 saturated carbocycles. The molecule has 0 N–H and O–H groups in total. The van der Waals surface area contributed by atoms with Crippen LogP contribution in [0.3, 0.4) is 0 Å². The standard InChI is InChI=1S/C23H21ClN6O/c1-15-11-20(16-5-2-7-18(24)12-16)28-21(27-15)17-6-3-9-29(14-17)23(31)19-13-26-30-10-4-8-25-22(19)30/h2,4-5,7-8,10-13,17H,3,6,9,14H2,1H3. The van der Waals surface area contributed by atoms with Crippen LogP contribution in [-0.2, 0) is 0 Å². The van der Waals surface area contributed by atoms with Gasteiger partial charge in [0, 0.05) is 47.7 Å². The van der Waals surface area contributed by atoms with E-state index in [1.807, 2.05) is 42.2 Å². The van der Waals surface area contributed by atoms with Gasteiger partial charge in [-0.1, -0.05) is 23.7 Å². The molecule has 7 nitrogen and oxygen atoms in total. The highest BCUT2D eigenvalue weighted by Gasteiger charge is 2.29. The quantitative estimate of drug-likeness (QED) is 0.485. The molecule has 31 heavy (non-hydrogen) atoms. The molecule has 4 heterocycles. The van der Waals surface area contributed by atoms with Crippen molar-refractivity contribution >= 4 is 23.2 Å². The molecule has 1 unspecified atom stereocenters. The van der Waals surface area contributed by atoms with Crippen LogP contribution in [0.15, 0.2) is 55.0 Å². The van der Waals surface area contributed by atoms with E-state index in [2.05, 4.69) is 10.1 Å². The summed E-state index contributed by atoms with van der Waals surface area (Å²) in [6.45, 7) is 3.24. The van der Waals surface area contributed by atoms with Gasteiger partial charge in [0.15, 0.2) is 5.65 Å². The van der Waals surface area contributed by atoms with Crippen LogP contribution >= 0.6 is 11.6 Å². The van der Waals surface area contributed by atoms with Gasteiger partial charge < -0.3 is 4.90 Å². The third-order valence-corrected chi connectivity index (χ3v) is 5.81. The number of hydrogen-bond donors (Lipinski definition) is 0. The summed E-state index contributed by atoms with van der Waals surface area (Å²) in [5.41, 5.74) is 3.80. The van der Waals surface area contributed by atoms with Gasteiger partial charge >= 0.3 is 0 Å². The van der Waals surface area contributed by atoms with E-state index < -0.39 is 0 Å². The van der Waals surface area contributed by atoms with Gasteiger partial charge in [-0.05, 0) is 44.0 Å². The topological polar surface area (TPSA) is 76.3 Å². The maximum atomic E-state index is 13.2. The third kappa shape index (κ3) is 3.88. The molecule has 1 fully saturated rings. The number of carbonyl (C=O) groups excluding carboxylic acids is 1. The summed E-state index contributed by atoms with van der Waals surface area (Å²) >= 11 is 6.17. The summed E-state index contributed by atoms with van der Waals surface area (Å²) in [4.78, 5) is 28.9. The van der Waals surface area contributed by atoms with E-state index in [0.29, 0.717) is 29.3 Å². The van der Waals surface area contributed by atoms with Crippen LogP contribution in [-0.4, -0.2) is 48.5 Å². The molecule has 3 aromatic heterocycles. The molecule has 4 aromatic rings. The molecule has 1 atom stereocenters. The number of rotatable bonds is 3. The van der Waals surface area contributed by atoms with Crippen molar-refractivity contribution in [1.82, 2.24) is 29.5 Å². The molecule has 1 aliphatic heterocycles. The number of halogens is 1. The number of aryl methyl sites for hydroxylation is 1. The van der Waals surface area contributed by atoms with E-state index in [4.69, 9.17) is 21.6 Å². The fourth-order valence-corrected chi connectivity index (χ4v) is 4.28. The Bertz CT molecular complexity index is 1270. The van der Waals surface area contributed by atoms with E-state index in [0.717, 1.165) is 35.6 Å². The van der Waals surface area contributed by atoms with Crippen molar-refractivity contribution in [3.05, 3.63) is 77.1 Å². The number of fused-ring (bicyclic) bond motifs is 1. The number of amides is 1. The predicted octanol–water partition coefficient (Wildman–Crippen LogP) is 4.17. The van der Waals surface area contributed by atoms with Crippen LogP contribution in [0.4, 0.5) is 0 Å². The summed E-state index contributed by atoms with van der Waals surface area (Å²) in [6, 6.07) is 11.4. The molecule has 8 heteroatoms. The molecule has 0 aliphatic carbocycles. The van der Waals surface area contributed by atoms with Crippen molar-refractivity contribution < 1.29 is 4.79 Å². The van der Waals surface area contributed by atoms with Gasteiger partial charge in [-0.2, -0.15) is 5.10 Å². The highest BCUT2D eigenvalue weighted by atomic mass is 35.5. The number of nitrogens with zero attached hydrogens (tertiary/aromatic N) is 6. The highest BCUT2D eigenvalue weighted by Crippen LogP contribution is 2.29. The van der Waals surface area contributed by atoms with Crippen LogP contribution in [0.5, 0.6) is 0 Å². The number of hydrogen-bond acceptors (Lipinski definition) is 5. The largest absolute Gasteiger partial charge is 0.338 e. The number of piperidine rings is 1. The summed E-state index contributed by atoms with van der Waals surface area (Å²) in [6.07, 6.45) is 6.89. The van der Waals surface area contributed by atoms with Gasteiger partial charge in [0.2, 0.25) is 0 Å². The lowest BCUT2D eigenvalue weighted by Crippen LogP contribution is -2.39. The van der Waals surface area contributed by atoms with E-state index in [1.165, 1.54) is 0 Å². The summed E-state index contributed by atoms with van der Waals surface area (Å²) < 4.78 is 1.62. The zero-order valence-corrected chi connectivity index (χ0v) is 17.8. The summed E-state index contributed by atoms with van der Waals surface area (Å²) in [5.74, 6) is 0.789. The SMILES string of the molecule is Cc1cc(-c2cccc(Cl)c2)nc(C2CCCN(C(=O)c3cnn4cccnc34)C2)n1. The van der Waals surface area contributed by atoms with Crippen molar-refractivity contribution in [3.8, 4) is 11.3 Å². The number of carbonyl (C=O) groups is 1. The van der Waals surface area contributed by atoms with Crippen molar-refractivity contribution in [2.24, 2.45) is 0 Å². The third-order valence-electron chi connectivity index (χ3n) is 5.58. The maximum Gasteiger partial charge on any atom is 0.259 e. The number of aromatic nitrogens is 5. The molecule has 1 aliphatic rings. The van der Waals surface area contributed by atoms with Gasteiger partial charge in [0.25, 0.3) is 5.91 Å². The Kier molecular flexibility index (Phi) is 5.11. The summed E-state index contributed by atoms with van der Waals surface area (Å²) in [7, 11) is 0. The Morgan fingerprint density at radius 3 is 2.97 bits per heavy atom. The minimum Gasteiger partial charge on any atom is -0.338 e. The Hall–Kier alpha value is -3.32. The normalized spacial score (nSPS) is 16.6. The van der Waals surface area contributed by atoms with E-state index in [1.54, 1.807) is 29.2 Å². The average Bonchev–Trinajstić information content (AvgIpc) is 3.22. The fourth-order valence-electron chi connectivity index (χ4n) is 4.09. The van der Waals surface area contributed by atoms with Crippen LogP contribution < -0.4 is 0 Å². The molecule has 156 valence electrons. The first kappa shape index (κ1) is 19.6. The molecule has 1 amide bonds. The lowest BCUT2D eigenvalue weighted by Gasteiger charge is -2.32. The second kappa shape index (κ2) is 8.07.